The molecule has 0 saturated heterocycles. The number of hydrogen-bond acceptors (Lipinski definition) is 1. The van der Waals surface area contributed by atoms with E-state index in [2.05, 4.69) is 64.3 Å². The molecule has 0 nitrogen and oxygen atoms in total. The molecule has 4 heteroatoms. The first-order valence-electron chi connectivity index (χ1n) is 6.20. The summed E-state index contributed by atoms with van der Waals surface area (Å²) in [6, 6.07) is 2.28. The third-order valence-electron chi connectivity index (χ3n) is 3.41. The van der Waals surface area contributed by atoms with Gasteiger partial charge in [-0.2, -0.15) is 6.08 Å². The van der Waals surface area contributed by atoms with Crippen LogP contribution in [0.15, 0.2) is 29.2 Å². The molecule has 1 aromatic heterocycles. The summed E-state index contributed by atoms with van der Waals surface area (Å²) in [6.07, 6.45) is 8.87. The van der Waals surface area contributed by atoms with Crippen molar-refractivity contribution >= 4 is 11.3 Å². The normalized spacial score (nSPS) is 13.9. The third kappa shape index (κ3) is 4.48. The number of rotatable bonds is 2. The summed E-state index contributed by atoms with van der Waals surface area (Å²) in [5.74, 6) is 0. The summed E-state index contributed by atoms with van der Waals surface area (Å²) in [5.41, 5.74) is 3.12. The van der Waals surface area contributed by atoms with Crippen LogP contribution in [0.3, 0.4) is 0 Å². The molecule has 1 aromatic rings. The fraction of sp³-hybridized carbons (Fsp3) is 0.500. The molecule has 0 saturated carbocycles. The van der Waals surface area contributed by atoms with Crippen molar-refractivity contribution in [2.45, 2.75) is 51.9 Å². The molecule has 0 aliphatic heterocycles. The molecule has 1 aliphatic rings. The summed E-state index contributed by atoms with van der Waals surface area (Å²) in [4.78, 5) is 1.49. The Balaban J connectivity index is 0. The van der Waals surface area contributed by atoms with Crippen LogP contribution in [0.2, 0.25) is 0 Å². The molecule has 1 aliphatic carbocycles. The summed E-state index contributed by atoms with van der Waals surface area (Å²) in [7, 11) is 0. The Labute approximate surface area is 154 Å². The number of halogens is 2. The minimum Gasteiger partial charge on any atom is -1.00 e. The summed E-state index contributed by atoms with van der Waals surface area (Å²) in [5, 5.41) is 2.22. The molecule has 0 N–H and O–H groups in total. The van der Waals surface area contributed by atoms with Crippen molar-refractivity contribution in [2.75, 3.05) is 0 Å². The fourth-order valence-electron chi connectivity index (χ4n) is 2.34. The van der Waals surface area contributed by atoms with Gasteiger partial charge in [-0.05, 0) is 27.8 Å². The molecular weight excluding hydrogens is 343 g/mol. The van der Waals surface area contributed by atoms with Crippen LogP contribution >= 0.6 is 11.3 Å². The topological polar surface area (TPSA) is 0 Å². The van der Waals surface area contributed by atoms with Gasteiger partial charge in [-0.3, -0.25) is 6.08 Å². The van der Waals surface area contributed by atoms with Gasteiger partial charge in [-0.25, -0.2) is 11.6 Å². The molecule has 20 heavy (non-hydrogen) atoms. The monoisotopic (exact) mass is 363 g/mol. The molecule has 0 amide bonds. The maximum atomic E-state index is 3.48. The van der Waals surface area contributed by atoms with E-state index in [0.29, 0.717) is 0 Å². The Hall–Kier alpha value is 0.474. The maximum Gasteiger partial charge on any atom is 3.00 e. The minimum absolute atomic E-state index is 0. The predicted molar refractivity (Wildman–Crippen MR) is 76.6 cm³/mol. The van der Waals surface area contributed by atoms with Crippen LogP contribution < -0.4 is 24.8 Å². The molecule has 0 unspecified atom stereocenters. The average Bonchev–Trinajstić information content (AvgIpc) is 2.89. The van der Waals surface area contributed by atoms with Crippen LogP contribution in [0.4, 0.5) is 0 Å². The second-order valence-electron chi connectivity index (χ2n) is 6.24. The van der Waals surface area contributed by atoms with Gasteiger partial charge >= 0.3 is 21.7 Å². The molecule has 0 atom stereocenters. The Morgan fingerprint density at radius 3 is 2.15 bits per heavy atom. The quantitative estimate of drug-likeness (QED) is 0.468. The van der Waals surface area contributed by atoms with E-state index in [9.17, 15) is 0 Å². The van der Waals surface area contributed by atoms with Gasteiger partial charge in [0, 0.05) is 4.88 Å². The van der Waals surface area contributed by atoms with Crippen LogP contribution in [0, 0.1) is 6.08 Å². The van der Waals surface area contributed by atoms with Gasteiger partial charge in [-0.15, -0.1) is 17.8 Å². The molecule has 0 aromatic carbocycles. The van der Waals surface area contributed by atoms with Crippen molar-refractivity contribution in [1.29, 1.82) is 0 Å². The minimum atomic E-state index is 0. The van der Waals surface area contributed by atoms with Gasteiger partial charge in [0.05, 0.1) is 0 Å². The number of allylic oxidation sites excluding steroid dienone is 4. The zero-order chi connectivity index (χ0) is 12.7. The Morgan fingerprint density at radius 1 is 1.10 bits per heavy atom. The van der Waals surface area contributed by atoms with Crippen LogP contribution in [-0.2, 0) is 32.5 Å². The van der Waals surface area contributed by atoms with Crippen molar-refractivity contribution in [2.24, 2.45) is 0 Å². The second-order valence-corrected chi connectivity index (χ2v) is 7.15. The van der Waals surface area contributed by atoms with E-state index < -0.39 is 0 Å². The summed E-state index contributed by atoms with van der Waals surface area (Å²) < 4.78 is 0. The molecule has 1 radical (unpaired) electrons. The van der Waals surface area contributed by atoms with E-state index in [0.717, 1.165) is 6.42 Å². The molecule has 2 rings (SSSR count). The van der Waals surface area contributed by atoms with Gasteiger partial charge in [0.1, 0.15) is 0 Å². The second kappa shape index (κ2) is 8.20. The van der Waals surface area contributed by atoms with E-state index in [1.807, 2.05) is 11.3 Å². The van der Waals surface area contributed by atoms with Gasteiger partial charge in [0.2, 0.25) is 0 Å². The summed E-state index contributed by atoms with van der Waals surface area (Å²) in [6.45, 7) is 11.5. The molecule has 109 valence electrons. The first-order valence-corrected chi connectivity index (χ1v) is 7.08. The maximum absolute atomic E-state index is 3.48. The smallest absolute Gasteiger partial charge is 1.00 e. The molecule has 0 spiro atoms. The SMILES string of the molecule is CC(C)(C)c1ccsc1C(C)(C)C1=[C-]CC=C1.[Cl-].[Cl-].[Ti+3]. The summed E-state index contributed by atoms with van der Waals surface area (Å²) >= 11 is 1.88. The Bertz CT molecular complexity index is 479. The average molecular weight is 364 g/mol. The van der Waals surface area contributed by atoms with Crippen molar-refractivity contribution in [1.82, 2.24) is 0 Å². The van der Waals surface area contributed by atoms with E-state index in [4.69, 9.17) is 0 Å². The van der Waals surface area contributed by atoms with Crippen LogP contribution in [0.5, 0.6) is 0 Å². The molecule has 0 fully saturated rings. The van der Waals surface area contributed by atoms with Crippen molar-refractivity contribution in [3.8, 4) is 0 Å². The third-order valence-corrected chi connectivity index (χ3v) is 4.65. The van der Waals surface area contributed by atoms with Crippen molar-refractivity contribution in [3.63, 3.8) is 0 Å². The molecular formula is C16H21Cl2STi. The van der Waals surface area contributed by atoms with E-state index in [-0.39, 0.29) is 57.4 Å². The molecule has 1 heterocycles. The zero-order valence-corrected chi connectivity index (χ0v) is 16.6. The Morgan fingerprint density at radius 2 is 1.70 bits per heavy atom. The Kier molecular flexibility index (Phi) is 9.33. The van der Waals surface area contributed by atoms with E-state index in [1.165, 1.54) is 16.0 Å². The van der Waals surface area contributed by atoms with Gasteiger partial charge in [0.25, 0.3) is 0 Å². The first-order chi connectivity index (χ1) is 7.83. The van der Waals surface area contributed by atoms with Gasteiger partial charge in [-0.1, -0.05) is 34.6 Å². The number of thiophene rings is 1. The van der Waals surface area contributed by atoms with Gasteiger partial charge < -0.3 is 24.8 Å². The van der Waals surface area contributed by atoms with Crippen LogP contribution in [0.25, 0.3) is 0 Å². The number of hydrogen-bond donors (Lipinski definition) is 0. The van der Waals surface area contributed by atoms with E-state index in [1.54, 1.807) is 0 Å². The van der Waals surface area contributed by atoms with Gasteiger partial charge in [0.15, 0.2) is 0 Å². The zero-order valence-electron chi connectivity index (χ0n) is 12.7. The standard InChI is InChI=1S/C16H21S.2ClH.Ti/c1-15(2,3)13-10-11-17-14(13)16(4,5)12-8-6-7-9-12;;;/h6,8,10-11H,7H2,1-5H3;2*1H;/q-1;;;+3/p-2. The van der Waals surface area contributed by atoms with Crippen molar-refractivity contribution < 1.29 is 46.5 Å². The van der Waals surface area contributed by atoms with Crippen LogP contribution in [0.1, 0.15) is 51.5 Å². The first kappa shape index (κ1) is 22.8. The van der Waals surface area contributed by atoms with Crippen molar-refractivity contribution in [3.05, 3.63) is 45.7 Å². The molecule has 0 bridgehead atoms. The fourth-order valence-corrected chi connectivity index (χ4v) is 3.59. The van der Waals surface area contributed by atoms with Crippen LogP contribution in [-0.4, -0.2) is 0 Å². The van der Waals surface area contributed by atoms with E-state index >= 15 is 0 Å². The largest absolute Gasteiger partial charge is 3.00 e. The predicted octanol–water partition coefficient (Wildman–Crippen LogP) is -0.982.